The summed E-state index contributed by atoms with van der Waals surface area (Å²) in [5.41, 5.74) is 7.39. The third kappa shape index (κ3) is 4.22. The van der Waals surface area contributed by atoms with Crippen LogP contribution in [0.2, 0.25) is 0 Å². The highest BCUT2D eigenvalue weighted by molar-refractivity contribution is 5.98. The van der Waals surface area contributed by atoms with Crippen molar-refractivity contribution in [1.29, 1.82) is 0 Å². The maximum absolute atomic E-state index is 12.5. The molecule has 4 N–H and O–H groups in total. The van der Waals surface area contributed by atoms with E-state index < -0.39 is 12.0 Å². The number of aliphatic carboxylic acids is 1. The monoisotopic (exact) mass is 420 g/mol. The number of carbonyl (C=O) groups excluding carboxylic acids is 1. The van der Waals surface area contributed by atoms with Crippen molar-refractivity contribution < 1.29 is 19.1 Å². The minimum atomic E-state index is -1.03. The van der Waals surface area contributed by atoms with Gasteiger partial charge in [0.05, 0.1) is 0 Å². The van der Waals surface area contributed by atoms with Crippen LogP contribution in [-0.2, 0) is 4.79 Å². The van der Waals surface area contributed by atoms with Crippen LogP contribution in [0.4, 0.5) is 0 Å². The van der Waals surface area contributed by atoms with Crippen molar-refractivity contribution in [3.05, 3.63) is 58.4 Å². The third-order valence-electron chi connectivity index (χ3n) is 5.01. The highest BCUT2D eigenvalue weighted by atomic mass is 16.4. The van der Waals surface area contributed by atoms with Crippen LogP contribution in [0.15, 0.2) is 51.8 Å². The zero-order valence-electron chi connectivity index (χ0n) is 16.5. The number of benzene rings is 2. The van der Waals surface area contributed by atoms with Gasteiger partial charge in [-0.05, 0) is 49.6 Å². The number of rotatable bonds is 7. The molecule has 2 aliphatic rings. The summed E-state index contributed by atoms with van der Waals surface area (Å²) in [6, 6.07) is 8.85. The number of aromatic nitrogens is 2. The van der Waals surface area contributed by atoms with Crippen LogP contribution in [0, 0.1) is 0 Å². The minimum absolute atomic E-state index is 0.242. The highest BCUT2D eigenvalue weighted by Crippen LogP contribution is 2.29. The molecule has 9 heteroatoms. The number of nitrogens with one attached hydrogen (secondary N) is 1. The van der Waals surface area contributed by atoms with Gasteiger partial charge in [0.25, 0.3) is 5.91 Å². The molecule has 0 fully saturated rings. The number of hydrogen-bond donors (Lipinski definition) is 3. The molecule has 2 heterocycles. The van der Waals surface area contributed by atoms with Gasteiger partial charge in [0.15, 0.2) is 11.3 Å². The molecule has 1 amide bonds. The van der Waals surface area contributed by atoms with E-state index in [1.165, 1.54) is 6.07 Å². The van der Waals surface area contributed by atoms with Gasteiger partial charge in [-0.25, -0.2) is 4.98 Å². The lowest BCUT2D eigenvalue weighted by molar-refractivity contribution is -0.138. The zero-order chi connectivity index (χ0) is 22.0. The Morgan fingerprint density at radius 1 is 1.19 bits per heavy atom. The van der Waals surface area contributed by atoms with E-state index in [0.29, 0.717) is 64.8 Å². The minimum Gasteiger partial charge on any atom is -0.480 e. The largest absolute Gasteiger partial charge is 0.480 e. The molecule has 9 nitrogen and oxygen atoms in total. The van der Waals surface area contributed by atoms with E-state index in [4.69, 9.17) is 15.3 Å². The number of hydrogen-bond acceptors (Lipinski definition) is 7. The first-order chi connectivity index (χ1) is 14.9. The summed E-state index contributed by atoms with van der Waals surface area (Å²) in [6.45, 7) is 0.404. The van der Waals surface area contributed by atoms with E-state index in [1.807, 2.05) is 0 Å². The maximum atomic E-state index is 12.5. The normalized spacial score (nSPS) is 12.3. The molecule has 31 heavy (non-hydrogen) atoms. The van der Waals surface area contributed by atoms with Crippen molar-refractivity contribution in [2.45, 2.75) is 25.3 Å². The van der Waals surface area contributed by atoms with Crippen LogP contribution in [0.5, 0.6) is 0 Å². The quantitative estimate of drug-likeness (QED) is 0.234. The van der Waals surface area contributed by atoms with Gasteiger partial charge in [-0.2, -0.15) is 0 Å². The van der Waals surface area contributed by atoms with Gasteiger partial charge in [-0.3, -0.25) is 19.4 Å². The van der Waals surface area contributed by atoms with Crippen LogP contribution in [0.25, 0.3) is 33.5 Å². The standard InChI is InChI=1S/C22H20N4O5/c23-14(22(29)30)5-1-2-8-25-21(28)12-6-7-17-15(10-12)26-20-13-4-3-9-24-19(13)16(27)11-18(20)31-17/h3-4,6-7,9-11,14H,1-2,5,8,23H2,(H,25,28)(H,29,30)/t14-/m0/s1. The Morgan fingerprint density at radius 3 is 2.84 bits per heavy atom. The number of carbonyl (C=O) groups is 2. The number of pyridine rings is 1. The molecule has 0 spiro atoms. The van der Waals surface area contributed by atoms with E-state index in [1.54, 1.807) is 36.5 Å². The number of amides is 1. The Bertz CT molecular complexity index is 1320. The fourth-order valence-corrected chi connectivity index (χ4v) is 3.36. The molecule has 0 radical (unpaired) electrons. The molecule has 1 aliphatic heterocycles. The molecule has 1 aromatic heterocycles. The topological polar surface area (TPSA) is 148 Å². The van der Waals surface area contributed by atoms with Gasteiger partial charge >= 0.3 is 5.97 Å². The van der Waals surface area contributed by atoms with E-state index in [0.717, 1.165) is 0 Å². The molecular formula is C22H20N4O5. The first kappa shape index (κ1) is 20.4. The Morgan fingerprint density at radius 2 is 2.03 bits per heavy atom. The smallest absolute Gasteiger partial charge is 0.320 e. The molecule has 0 saturated carbocycles. The predicted octanol–water partition coefficient (Wildman–Crippen LogP) is 2.15. The number of nitrogens with two attached hydrogens (primary N) is 1. The number of carboxylic acid groups (broad SMARTS) is 1. The Kier molecular flexibility index (Phi) is 5.59. The van der Waals surface area contributed by atoms with Crippen molar-refractivity contribution >= 4 is 33.9 Å². The maximum Gasteiger partial charge on any atom is 0.320 e. The fourth-order valence-electron chi connectivity index (χ4n) is 3.36. The van der Waals surface area contributed by atoms with Gasteiger partial charge in [0, 0.05) is 29.8 Å². The summed E-state index contributed by atoms with van der Waals surface area (Å²) in [4.78, 5) is 44.2. The SMILES string of the molecule is N[C@@H](CCCCNC(=O)c1ccc2oc3cc(=O)c4ncccc4c-3nc2c1)C(=O)O. The second kappa shape index (κ2) is 8.49. The Hall–Kier alpha value is -3.85. The number of unbranched alkanes of at least 4 members (excludes halogenated alkanes) is 1. The van der Waals surface area contributed by atoms with Crippen molar-refractivity contribution in [3.63, 3.8) is 0 Å². The van der Waals surface area contributed by atoms with Crippen molar-refractivity contribution in [2.75, 3.05) is 6.54 Å². The summed E-state index contributed by atoms with van der Waals surface area (Å²) in [5.74, 6) is -0.941. The van der Waals surface area contributed by atoms with Gasteiger partial charge in [0.2, 0.25) is 5.43 Å². The molecule has 4 rings (SSSR count). The number of fused-ring (bicyclic) bond motifs is 4. The molecule has 1 aromatic carbocycles. The number of nitrogens with zero attached hydrogens (tertiary/aromatic N) is 2. The second-order valence-corrected chi connectivity index (χ2v) is 7.21. The average Bonchev–Trinajstić information content (AvgIpc) is 2.77. The van der Waals surface area contributed by atoms with Crippen LogP contribution < -0.4 is 16.5 Å². The van der Waals surface area contributed by atoms with Gasteiger partial charge < -0.3 is 20.6 Å². The summed E-state index contributed by atoms with van der Waals surface area (Å²) in [5, 5.41) is 12.2. The van der Waals surface area contributed by atoms with E-state index >= 15 is 0 Å². The lowest BCUT2D eigenvalue weighted by atomic mass is 10.1. The molecular weight excluding hydrogens is 400 g/mol. The van der Waals surface area contributed by atoms with Crippen molar-refractivity contribution in [2.24, 2.45) is 5.73 Å². The molecule has 158 valence electrons. The molecule has 1 atom stereocenters. The molecule has 0 saturated heterocycles. The average molecular weight is 420 g/mol. The van der Waals surface area contributed by atoms with Crippen LogP contribution in [0.3, 0.4) is 0 Å². The van der Waals surface area contributed by atoms with E-state index in [-0.39, 0.29) is 11.3 Å². The predicted molar refractivity (Wildman–Crippen MR) is 114 cm³/mol. The van der Waals surface area contributed by atoms with Crippen LogP contribution in [-0.4, -0.2) is 39.5 Å². The van der Waals surface area contributed by atoms with Gasteiger partial charge in [-0.1, -0.05) is 0 Å². The first-order valence-corrected chi connectivity index (χ1v) is 9.83. The van der Waals surface area contributed by atoms with Crippen LogP contribution >= 0.6 is 0 Å². The third-order valence-corrected chi connectivity index (χ3v) is 5.01. The van der Waals surface area contributed by atoms with Gasteiger partial charge in [0.1, 0.15) is 22.8 Å². The molecule has 0 unspecified atom stereocenters. The molecule has 1 aliphatic carbocycles. The first-order valence-electron chi connectivity index (χ1n) is 9.83. The van der Waals surface area contributed by atoms with Crippen LogP contribution in [0.1, 0.15) is 29.6 Å². The molecule has 0 bridgehead atoms. The second-order valence-electron chi connectivity index (χ2n) is 7.21. The summed E-state index contributed by atoms with van der Waals surface area (Å²) >= 11 is 0. The summed E-state index contributed by atoms with van der Waals surface area (Å²) < 4.78 is 5.84. The van der Waals surface area contributed by atoms with Gasteiger partial charge in [-0.15, -0.1) is 0 Å². The number of carboxylic acids is 1. The molecule has 2 aromatic rings. The lowest BCUT2D eigenvalue weighted by Crippen LogP contribution is -2.30. The lowest BCUT2D eigenvalue weighted by Gasteiger charge is -2.10. The highest BCUT2D eigenvalue weighted by Gasteiger charge is 2.17. The Labute approximate surface area is 176 Å². The van der Waals surface area contributed by atoms with E-state index in [9.17, 15) is 14.4 Å². The van der Waals surface area contributed by atoms with Crippen molar-refractivity contribution in [3.8, 4) is 11.5 Å². The van der Waals surface area contributed by atoms with E-state index in [2.05, 4.69) is 15.3 Å². The fraction of sp³-hybridized carbons (Fsp3) is 0.227. The Balaban J connectivity index is 1.54. The summed E-state index contributed by atoms with van der Waals surface area (Å²) in [6.07, 6.45) is 3.12. The van der Waals surface area contributed by atoms with Crippen molar-refractivity contribution in [1.82, 2.24) is 15.3 Å². The zero-order valence-corrected chi connectivity index (χ0v) is 16.5. The summed E-state index contributed by atoms with van der Waals surface area (Å²) in [7, 11) is 0.